The van der Waals surface area contributed by atoms with Gasteiger partial charge in [-0.1, -0.05) is 56.3 Å². The summed E-state index contributed by atoms with van der Waals surface area (Å²) in [6, 6.07) is 16.5. The molecule has 2 aromatic carbocycles. The van der Waals surface area contributed by atoms with Gasteiger partial charge in [0.15, 0.2) is 6.67 Å². The van der Waals surface area contributed by atoms with Crippen LogP contribution < -0.4 is 15.5 Å². The second-order valence-corrected chi connectivity index (χ2v) is 8.60. The topological polar surface area (TPSA) is 82.9 Å². The summed E-state index contributed by atoms with van der Waals surface area (Å²) in [6.07, 6.45) is 0.540. The number of hydrogen-bond acceptors (Lipinski definition) is 3. The van der Waals surface area contributed by atoms with Crippen LogP contribution in [0.5, 0.6) is 0 Å². The van der Waals surface area contributed by atoms with E-state index in [1.165, 1.54) is 4.90 Å². The van der Waals surface area contributed by atoms with Crippen LogP contribution in [0, 0.1) is 5.92 Å². The lowest BCUT2D eigenvalue weighted by molar-refractivity contribution is -0.901. The van der Waals surface area contributed by atoms with Gasteiger partial charge >= 0.3 is 6.03 Å². The van der Waals surface area contributed by atoms with Crippen molar-refractivity contribution in [1.82, 2.24) is 15.5 Å². The van der Waals surface area contributed by atoms with Crippen LogP contribution in [0.3, 0.4) is 0 Å². The Morgan fingerprint density at radius 3 is 2.32 bits per heavy atom. The van der Waals surface area contributed by atoms with Crippen molar-refractivity contribution in [2.24, 2.45) is 5.92 Å². The van der Waals surface area contributed by atoms with Crippen LogP contribution in [-0.4, -0.2) is 43.5 Å². The number of urea groups is 1. The minimum Gasteiger partial charge on any atom is -0.355 e. The van der Waals surface area contributed by atoms with Gasteiger partial charge < -0.3 is 15.5 Å². The van der Waals surface area contributed by atoms with Crippen LogP contribution in [0.25, 0.3) is 0 Å². The van der Waals surface area contributed by atoms with Crippen LogP contribution in [0.1, 0.15) is 41.8 Å². The summed E-state index contributed by atoms with van der Waals surface area (Å²) in [5, 5.41) is 5.59. The van der Waals surface area contributed by atoms with Gasteiger partial charge in [-0.05, 0) is 30.0 Å². The first-order valence-electron chi connectivity index (χ1n) is 10.6. The largest absolute Gasteiger partial charge is 0.355 e. The van der Waals surface area contributed by atoms with Crippen molar-refractivity contribution in [3.63, 3.8) is 0 Å². The lowest BCUT2D eigenvalue weighted by Crippen LogP contribution is -3.09. The van der Waals surface area contributed by atoms with Crippen molar-refractivity contribution < 1.29 is 19.3 Å². The number of imide groups is 1. The molecule has 164 valence electrons. The fraction of sp³-hybridized carbons (Fsp3) is 0.375. The Balaban J connectivity index is 1.75. The molecule has 0 aromatic heterocycles. The summed E-state index contributed by atoms with van der Waals surface area (Å²) < 4.78 is 0. The highest BCUT2D eigenvalue weighted by Gasteiger charge is 2.53. The fourth-order valence-corrected chi connectivity index (χ4v) is 4.15. The number of benzene rings is 2. The first-order chi connectivity index (χ1) is 14.8. The van der Waals surface area contributed by atoms with Crippen LogP contribution >= 0.6 is 0 Å². The zero-order valence-corrected chi connectivity index (χ0v) is 18.6. The maximum atomic E-state index is 13.5. The van der Waals surface area contributed by atoms with Crippen molar-refractivity contribution in [1.29, 1.82) is 0 Å². The molecule has 1 heterocycles. The summed E-state index contributed by atoms with van der Waals surface area (Å²) in [5.74, 6) is -0.103. The molecule has 0 bridgehead atoms. The molecule has 2 aromatic rings. The summed E-state index contributed by atoms with van der Waals surface area (Å²) in [5.41, 5.74) is 1.40. The van der Waals surface area contributed by atoms with Crippen LogP contribution in [0.15, 0.2) is 54.6 Å². The SMILES string of the molecule is CNC(=O)c1ccc(C[NH+](C)CN2C(=O)N[C@](CC(C)C)(c3ccccc3)C2=O)cc1. The Hall–Kier alpha value is -3.19. The Morgan fingerprint density at radius 1 is 1.10 bits per heavy atom. The van der Waals surface area contributed by atoms with Crippen molar-refractivity contribution in [2.45, 2.75) is 32.4 Å². The highest BCUT2D eigenvalue weighted by molar-refractivity contribution is 6.07. The highest BCUT2D eigenvalue weighted by atomic mass is 16.2. The average Bonchev–Trinajstić information content (AvgIpc) is 2.98. The number of hydrogen-bond donors (Lipinski definition) is 3. The molecule has 3 N–H and O–H groups in total. The molecule has 0 radical (unpaired) electrons. The third-order valence-electron chi connectivity index (χ3n) is 5.53. The molecule has 1 fully saturated rings. The van der Waals surface area contributed by atoms with Crippen LogP contribution in [0.2, 0.25) is 0 Å². The molecule has 31 heavy (non-hydrogen) atoms. The second kappa shape index (κ2) is 9.31. The maximum absolute atomic E-state index is 13.5. The number of rotatable bonds is 8. The molecular formula is C24H31N4O3+. The van der Waals surface area contributed by atoms with Crippen molar-refractivity contribution >= 4 is 17.8 Å². The van der Waals surface area contributed by atoms with E-state index in [2.05, 4.69) is 10.6 Å². The van der Waals surface area contributed by atoms with E-state index in [1.807, 2.05) is 63.4 Å². The molecule has 1 saturated heterocycles. The first-order valence-corrected chi connectivity index (χ1v) is 10.6. The molecule has 7 nitrogen and oxygen atoms in total. The van der Waals surface area contributed by atoms with E-state index in [-0.39, 0.29) is 30.4 Å². The number of carbonyl (C=O) groups is 3. The first kappa shape index (κ1) is 22.5. The van der Waals surface area contributed by atoms with Gasteiger partial charge in [-0.25, -0.2) is 9.69 Å². The van der Waals surface area contributed by atoms with Gasteiger partial charge in [-0.15, -0.1) is 0 Å². The van der Waals surface area contributed by atoms with Crippen LogP contribution in [0.4, 0.5) is 4.79 Å². The highest BCUT2D eigenvalue weighted by Crippen LogP contribution is 2.34. The molecule has 0 aliphatic carbocycles. The molecule has 1 aliphatic rings. The zero-order valence-electron chi connectivity index (χ0n) is 18.6. The summed E-state index contributed by atoms with van der Waals surface area (Å²) >= 11 is 0. The van der Waals surface area contributed by atoms with E-state index in [0.29, 0.717) is 18.5 Å². The summed E-state index contributed by atoms with van der Waals surface area (Å²) in [7, 11) is 3.54. The molecule has 3 rings (SSSR count). The van der Waals surface area contributed by atoms with Crippen molar-refractivity contribution in [3.05, 3.63) is 71.3 Å². The smallest absolute Gasteiger partial charge is 0.329 e. The lowest BCUT2D eigenvalue weighted by atomic mass is 9.82. The van der Waals surface area contributed by atoms with E-state index in [4.69, 9.17) is 0 Å². The molecular weight excluding hydrogens is 392 g/mol. The van der Waals surface area contributed by atoms with Gasteiger partial charge in [-0.3, -0.25) is 9.59 Å². The predicted molar refractivity (Wildman–Crippen MR) is 118 cm³/mol. The quantitative estimate of drug-likeness (QED) is 0.563. The number of amides is 4. The van der Waals surface area contributed by atoms with E-state index in [9.17, 15) is 14.4 Å². The van der Waals surface area contributed by atoms with Gasteiger partial charge in [0, 0.05) is 18.2 Å². The molecule has 1 aliphatic heterocycles. The summed E-state index contributed by atoms with van der Waals surface area (Å²) in [6.45, 7) is 4.97. The van der Waals surface area contributed by atoms with Gasteiger partial charge in [0.1, 0.15) is 12.1 Å². The molecule has 2 atom stereocenters. The van der Waals surface area contributed by atoms with E-state index in [0.717, 1.165) is 16.0 Å². The molecule has 7 heteroatoms. The average molecular weight is 424 g/mol. The van der Waals surface area contributed by atoms with Crippen molar-refractivity contribution in [3.8, 4) is 0 Å². The van der Waals surface area contributed by atoms with Gasteiger partial charge in [0.25, 0.3) is 11.8 Å². The minimum absolute atomic E-state index is 0.131. The zero-order chi connectivity index (χ0) is 22.6. The second-order valence-electron chi connectivity index (χ2n) is 8.60. The fourth-order valence-electron chi connectivity index (χ4n) is 4.15. The van der Waals surface area contributed by atoms with E-state index < -0.39 is 5.54 Å². The minimum atomic E-state index is -1.03. The monoisotopic (exact) mass is 423 g/mol. The van der Waals surface area contributed by atoms with Gasteiger partial charge in [0.2, 0.25) is 0 Å². The normalized spacial score (nSPS) is 19.5. The van der Waals surface area contributed by atoms with Gasteiger partial charge in [-0.2, -0.15) is 0 Å². The maximum Gasteiger partial charge on any atom is 0.329 e. The summed E-state index contributed by atoms with van der Waals surface area (Å²) in [4.78, 5) is 40.3. The Bertz CT molecular complexity index is 943. The number of nitrogens with one attached hydrogen (secondary N) is 3. The Labute approximate surface area is 183 Å². The van der Waals surface area contributed by atoms with Crippen LogP contribution in [-0.2, 0) is 16.9 Å². The van der Waals surface area contributed by atoms with Crippen molar-refractivity contribution in [2.75, 3.05) is 20.8 Å². The lowest BCUT2D eigenvalue weighted by Gasteiger charge is -2.29. The molecule has 0 spiro atoms. The van der Waals surface area contributed by atoms with Gasteiger partial charge in [0.05, 0.1) is 7.05 Å². The Morgan fingerprint density at radius 2 is 1.74 bits per heavy atom. The number of quaternary nitrogens is 1. The third kappa shape index (κ3) is 4.77. The molecule has 4 amide bonds. The van der Waals surface area contributed by atoms with E-state index >= 15 is 0 Å². The number of carbonyl (C=O) groups excluding carboxylic acids is 3. The van der Waals surface area contributed by atoms with E-state index in [1.54, 1.807) is 19.2 Å². The third-order valence-corrected chi connectivity index (χ3v) is 5.53. The predicted octanol–water partition coefficient (Wildman–Crippen LogP) is 1.51. The Kier molecular flexibility index (Phi) is 6.75. The standard InChI is InChI=1S/C24H30N4O3/c1-17(2)14-24(20-8-6-5-7-9-20)22(30)28(23(31)26-24)16-27(4)15-18-10-12-19(13-11-18)21(29)25-3/h5-13,17H,14-16H2,1-4H3,(H,25,29)(H,26,31)/p+1/t24-/m1/s1. The number of nitrogens with zero attached hydrogens (tertiary/aromatic N) is 1. The molecule has 0 saturated carbocycles. The molecule has 1 unspecified atom stereocenters.